The number of aromatic hydroxyl groups is 2. The first-order chi connectivity index (χ1) is 13.4. The number of rotatable bonds is 5. The minimum Gasteiger partial charge on any atom is -0.507 e. The maximum absolute atomic E-state index is 11.5. The summed E-state index contributed by atoms with van der Waals surface area (Å²) >= 11 is 1.37. The Bertz CT molecular complexity index is 1130. The number of carbonyl (C=O) groups is 1. The van der Waals surface area contributed by atoms with Gasteiger partial charge in [-0.1, -0.05) is 0 Å². The fraction of sp³-hybridized carbons (Fsp3) is 0.105. The van der Waals surface area contributed by atoms with Crippen molar-refractivity contribution >= 4 is 23.5 Å². The Morgan fingerprint density at radius 1 is 1.21 bits per heavy atom. The number of aromatic nitrogens is 1. The first-order valence-corrected chi connectivity index (χ1v) is 9.00. The Kier molecular flexibility index (Phi) is 5.46. The van der Waals surface area contributed by atoms with Crippen LogP contribution in [0.4, 0.5) is 0 Å². The molecule has 144 valence electrons. The molecule has 4 N–H and O–H groups in total. The van der Waals surface area contributed by atoms with Gasteiger partial charge in [0.25, 0.3) is 5.91 Å². The third kappa shape index (κ3) is 3.74. The number of phenolic OH excluding ortho intramolecular Hbond substituents is 1. The van der Waals surface area contributed by atoms with Crippen molar-refractivity contribution in [2.45, 2.75) is 0 Å². The van der Waals surface area contributed by atoms with E-state index >= 15 is 0 Å². The van der Waals surface area contributed by atoms with Gasteiger partial charge in [-0.05, 0) is 42.0 Å². The standard InChI is InChI=1S/C19H18N4O4S/c1-21-19-23(22-9-11-3-5-16(25)17(7-11)27-2)14(10-28-19)12-4-6-15(24)13(8-12)18(20)26/h3-10,24-25H,1-2H3,(H2,20,26)/b21-19?,22-9-. The van der Waals surface area contributed by atoms with Crippen molar-refractivity contribution in [1.29, 1.82) is 0 Å². The number of primary amides is 1. The van der Waals surface area contributed by atoms with Gasteiger partial charge in [-0.15, -0.1) is 11.3 Å². The molecule has 0 aliphatic heterocycles. The zero-order valence-electron chi connectivity index (χ0n) is 15.2. The number of thiazole rings is 1. The Balaban J connectivity index is 2.07. The minimum absolute atomic E-state index is 0.0255. The Hall–Kier alpha value is -3.59. The van der Waals surface area contributed by atoms with Crippen LogP contribution in [-0.4, -0.2) is 41.2 Å². The van der Waals surface area contributed by atoms with E-state index in [4.69, 9.17) is 10.5 Å². The van der Waals surface area contributed by atoms with Crippen LogP contribution in [0.3, 0.4) is 0 Å². The topological polar surface area (TPSA) is 122 Å². The number of hydrogen-bond donors (Lipinski definition) is 3. The quantitative estimate of drug-likeness (QED) is 0.570. The molecule has 0 spiro atoms. The van der Waals surface area contributed by atoms with Crippen molar-refractivity contribution in [1.82, 2.24) is 4.68 Å². The lowest BCUT2D eigenvalue weighted by molar-refractivity contribution is 0.0998. The van der Waals surface area contributed by atoms with Gasteiger partial charge in [0.1, 0.15) is 5.75 Å². The van der Waals surface area contributed by atoms with E-state index in [1.807, 2.05) is 5.38 Å². The van der Waals surface area contributed by atoms with Crippen LogP contribution in [0, 0.1) is 0 Å². The van der Waals surface area contributed by atoms with Crippen LogP contribution in [0.1, 0.15) is 15.9 Å². The van der Waals surface area contributed by atoms with E-state index in [1.54, 1.807) is 36.1 Å². The Morgan fingerprint density at radius 2 is 1.96 bits per heavy atom. The van der Waals surface area contributed by atoms with Crippen molar-refractivity contribution < 1.29 is 19.7 Å². The molecule has 0 bridgehead atoms. The molecule has 8 nitrogen and oxygen atoms in total. The molecule has 2 aromatic carbocycles. The number of phenols is 2. The van der Waals surface area contributed by atoms with Crippen LogP contribution in [0.2, 0.25) is 0 Å². The highest BCUT2D eigenvalue weighted by Gasteiger charge is 2.13. The number of methoxy groups -OCH3 is 1. The molecule has 9 heteroatoms. The van der Waals surface area contributed by atoms with Crippen LogP contribution in [0.5, 0.6) is 17.2 Å². The van der Waals surface area contributed by atoms with Gasteiger partial charge in [-0.3, -0.25) is 9.79 Å². The van der Waals surface area contributed by atoms with Crippen molar-refractivity contribution in [2.75, 3.05) is 14.2 Å². The van der Waals surface area contributed by atoms with E-state index in [0.29, 0.717) is 27.4 Å². The number of benzene rings is 2. The molecule has 0 unspecified atom stereocenters. The SMILES string of the molecule is CN=c1scc(-c2ccc(O)c(C(N)=O)c2)n1/N=C\c1ccc(O)c(OC)c1. The lowest BCUT2D eigenvalue weighted by Gasteiger charge is -2.07. The summed E-state index contributed by atoms with van der Waals surface area (Å²) in [6.45, 7) is 0. The molecule has 3 aromatic rings. The van der Waals surface area contributed by atoms with E-state index in [0.717, 1.165) is 0 Å². The molecule has 1 heterocycles. The van der Waals surface area contributed by atoms with Crippen LogP contribution < -0.4 is 15.3 Å². The predicted octanol–water partition coefficient (Wildman–Crippen LogP) is 2.15. The number of ether oxygens (including phenoxy) is 1. The summed E-state index contributed by atoms with van der Waals surface area (Å²) in [5, 5.41) is 25.8. The number of nitrogens with zero attached hydrogens (tertiary/aromatic N) is 3. The largest absolute Gasteiger partial charge is 0.507 e. The van der Waals surface area contributed by atoms with Gasteiger partial charge in [0.05, 0.1) is 24.6 Å². The van der Waals surface area contributed by atoms with E-state index in [-0.39, 0.29) is 17.1 Å². The maximum Gasteiger partial charge on any atom is 0.252 e. The average molecular weight is 398 g/mol. The van der Waals surface area contributed by atoms with Gasteiger partial charge in [0.15, 0.2) is 11.5 Å². The molecular formula is C19H18N4O4S. The summed E-state index contributed by atoms with van der Waals surface area (Å²) in [5.74, 6) is -0.528. The lowest BCUT2D eigenvalue weighted by atomic mass is 10.1. The molecule has 3 rings (SSSR count). The fourth-order valence-electron chi connectivity index (χ4n) is 2.55. The molecule has 0 aliphatic rings. The summed E-state index contributed by atoms with van der Waals surface area (Å²) in [7, 11) is 3.12. The highest BCUT2D eigenvalue weighted by molar-refractivity contribution is 7.07. The van der Waals surface area contributed by atoms with E-state index < -0.39 is 5.91 Å². The van der Waals surface area contributed by atoms with Crippen molar-refractivity contribution in [2.24, 2.45) is 15.8 Å². The first-order valence-electron chi connectivity index (χ1n) is 8.12. The Labute approximate surface area is 164 Å². The third-order valence-electron chi connectivity index (χ3n) is 3.96. The maximum atomic E-state index is 11.5. The molecule has 1 aromatic heterocycles. The normalized spacial score (nSPS) is 11.9. The van der Waals surface area contributed by atoms with Gasteiger partial charge in [-0.25, -0.2) is 4.68 Å². The summed E-state index contributed by atoms with van der Waals surface area (Å²) in [6, 6.07) is 9.45. The van der Waals surface area contributed by atoms with Gasteiger partial charge in [0, 0.05) is 18.0 Å². The first kappa shape index (κ1) is 19.2. The van der Waals surface area contributed by atoms with Crippen molar-refractivity contribution in [3.63, 3.8) is 0 Å². The van der Waals surface area contributed by atoms with Gasteiger partial charge >= 0.3 is 0 Å². The second-order valence-electron chi connectivity index (χ2n) is 5.71. The van der Waals surface area contributed by atoms with Crippen LogP contribution in [0.25, 0.3) is 11.3 Å². The predicted molar refractivity (Wildman–Crippen MR) is 107 cm³/mol. The van der Waals surface area contributed by atoms with Crippen LogP contribution >= 0.6 is 11.3 Å². The second-order valence-corrected chi connectivity index (χ2v) is 6.55. The molecule has 0 saturated carbocycles. The van der Waals surface area contributed by atoms with Gasteiger partial charge in [-0.2, -0.15) is 5.10 Å². The summed E-state index contributed by atoms with van der Waals surface area (Å²) in [5.41, 5.74) is 7.39. The number of carbonyl (C=O) groups excluding carboxylic acids is 1. The lowest BCUT2D eigenvalue weighted by Crippen LogP contribution is -2.13. The number of amides is 1. The van der Waals surface area contributed by atoms with Crippen molar-refractivity contribution in [3.05, 3.63) is 57.7 Å². The third-order valence-corrected chi connectivity index (χ3v) is 4.87. The molecule has 0 aliphatic carbocycles. The smallest absolute Gasteiger partial charge is 0.252 e. The van der Waals surface area contributed by atoms with Gasteiger partial charge < -0.3 is 20.7 Å². The molecular weight excluding hydrogens is 380 g/mol. The molecule has 0 fully saturated rings. The monoisotopic (exact) mass is 398 g/mol. The zero-order valence-corrected chi connectivity index (χ0v) is 16.0. The Morgan fingerprint density at radius 3 is 2.64 bits per heavy atom. The molecule has 0 saturated heterocycles. The van der Waals surface area contributed by atoms with E-state index in [1.165, 1.54) is 36.6 Å². The highest BCUT2D eigenvalue weighted by Crippen LogP contribution is 2.27. The second kappa shape index (κ2) is 7.97. The number of nitrogens with two attached hydrogens (primary N) is 1. The van der Waals surface area contributed by atoms with E-state index in [9.17, 15) is 15.0 Å². The van der Waals surface area contributed by atoms with Crippen LogP contribution in [-0.2, 0) is 0 Å². The fourth-order valence-corrected chi connectivity index (χ4v) is 3.36. The molecule has 0 atom stereocenters. The average Bonchev–Trinajstić information content (AvgIpc) is 3.10. The molecule has 28 heavy (non-hydrogen) atoms. The van der Waals surface area contributed by atoms with Crippen molar-refractivity contribution in [3.8, 4) is 28.5 Å². The summed E-state index contributed by atoms with van der Waals surface area (Å²) in [4.78, 5) is 16.4. The summed E-state index contributed by atoms with van der Waals surface area (Å²) < 4.78 is 6.72. The molecule has 1 amide bonds. The van der Waals surface area contributed by atoms with Gasteiger partial charge in [0.2, 0.25) is 4.80 Å². The zero-order chi connectivity index (χ0) is 20.3. The molecule has 0 radical (unpaired) electrons. The van der Waals surface area contributed by atoms with Crippen LogP contribution in [0.15, 0.2) is 51.9 Å². The highest BCUT2D eigenvalue weighted by atomic mass is 32.1. The minimum atomic E-state index is -0.721. The number of hydrogen-bond acceptors (Lipinski definition) is 7. The summed E-state index contributed by atoms with van der Waals surface area (Å²) in [6.07, 6.45) is 1.60. The van der Waals surface area contributed by atoms with E-state index in [2.05, 4.69) is 10.1 Å².